The van der Waals surface area contributed by atoms with Crippen molar-refractivity contribution in [2.45, 2.75) is 32.2 Å². The lowest BCUT2D eigenvalue weighted by Crippen LogP contribution is -2.39. The fraction of sp³-hybridized carbons (Fsp3) is 0.538. The molecule has 19 heavy (non-hydrogen) atoms. The number of amides is 1. The van der Waals surface area contributed by atoms with Crippen molar-refractivity contribution in [2.24, 2.45) is 11.8 Å². The molecule has 0 spiro atoms. The predicted molar refractivity (Wildman–Crippen MR) is 67.0 cm³/mol. The Kier molecular flexibility index (Phi) is 4.43. The minimum absolute atomic E-state index is 0.189. The Hall–Kier alpha value is -1.98. The third-order valence-corrected chi connectivity index (χ3v) is 3.51. The van der Waals surface area contributed by atoms with E-state index in [2.05, 4.69) is 15.3 Å². The van der Waals surface area contributed by atoms with E-state index in [4.69, 9.17) is 5.11 Å². The van der Waals surface area contributed by atoms with Crippen molar-refractivity contribution in [2.75, 3.05) is 0 Å². The summed E-state index contributed by atoms with van der Waals surface area (Å²) in [4.78, 5) is 31.0. The molecule has 2 atom stereocenters. The summed E-state index contributed by atoms with van der Waals surface area (Å²) in [6.07, 6.45) is 6.05. The predicted octanol–water partition coefficient (Wildman–Crippen LogP) is 0.984. The highest BCUT2D eigenvalue weighted by Gasteiger charge is 2.35. The highest BCUT2D eigenvalue weighted by Crippen LogP contribution is 2.30. The number of hydrogen-bond donors (Lipinski definition) is 2. The number of carboxylic acid groups (broad SMARTS) is 1. The molecule has 0 saturated heterocycles. The van der Waals surface area contributed by atoms with Gasteiger partial charge in [0.05, 0.1) is 24.1 Å². The number of carbonyl (C=O) groups excluding carboxylic acids is 1. The molecule has 2 N–H and O–H groups in total. The number of nitrogens with one attached hydrogen (secondary N) is 1. The molecule has 6 nitrogen and oxygen atoms in total. The summed E-state index contributed by atoms with van der Waals surface area (Å²) in [6.45, 7) is 0.310. The summed E-state index contributed by atoms with van der Waals surface area (Å²) in [5, 5.41) is 11.9. The number of rotatable bonds is 4. The largest absolute Gasteiger partial charge is 0.481 e. The summed E-state index contributed by atoms with van der Waals surface area (Å²) < 4.78 is 0. The fourth-order valence-corrected chi connectivity index (χ4v) is 2.47. The van der Waals surface area contributed by atoms with E-state index < -0.39 is 17.8 Å². The van der Waals surface area contributed by atoms with E-state index in [0.717, 1.165) is 12.8 Å². The van der Waals surface area contributed by atoms with Crippen LogP contribution in [0.4, 0.5) is 0 Å². The van der Waals surface area contributed by atoms with Crippen LogP contribution in [0, 0.1) is 11.8 Å². The molecule has 6 heteroatoms. The first-order chi connectivity index (χ1) is 9.18. The first-order valence-corrected chi connectivity index (χ1v) is 6.44. The number of nitrogens with zero attached hydrogens (tertiary/aromatic N) is 2. The van der Waals surface area contributed by atoms with Crippen LogP contribution in [-0.4, -0.2) is 27.0 Å². The Morgan fingerprint density at radius 3 is 2.68 bits per heavy atom. The molecule has 0 radical (unpaired) electrons. The molecule has 2 rings (SSSR count). The van der Waals surface area contributed by atoms with Gasteiger partial charge in [-0.2, -0.15) is 0 Å². The summed E-state index contributed by atoms with van der Waals surface area (Å²) in [5.41, 5.74) is 0.714. The fourth-order valence-electron chi connectivity index (χ4n) is 2.47. The standard InChI is InChI=1S/C13H17N3O3/c17-12(15-7-9-5-6-14-8-16-9)10-3-1-2-4-11(10)13(18)19/h5-6,8,10-11H,1-4,7H2,(H,15,17)(H,18,19). The van der Waals surface area contributed by atoms with Crippen LogP contribution in [0.2, 0.25) is 0 Å². The molecule has 1 aromatic rings. The van der Waals surface area contributed by atoms with Gasteiger partial charge >= 0.3 is 5.97 Å². The molecule has 0 aliphatic heterocycles. The van der Waals surface area contributed by atoms with Gasteiger partial charge in [0.15, 0.2) is 0 Å². The Labute approximate surface area is 111 Å². The Morgan fingerprint density at radius 2 is 2.05 bits per heavy atom. The highest BCUT2D eigenvalue weighted by atomic mass is 16.4. The molecule has 1 saturated carbocycles. The molecule has 1 aliphatic carbocycles. The van der Waals surface area contributed by atoms with E-state index >= 15 is 0 Å². The van der Waals surface area contributed by atoms with Crippen molar-refractivity contribution in [3.63, 3.8) is 0 Å². The molecule has 1 aromatic heterocycles. The number of carbonyl (C=O) groups is 2. The maximum absolute atomic E-state index is 12.1. The van der Waals surface area contributed by atoms with Crippen LogP contribution in [0.25, 0.3) is 0 Å². The normalized spacial score (nSPS) is 22.7. The summed E-state index contributed by atoms with van der Waals surface area (Å²) >= 11 is 0. The Bertz CT molecular complexity index is 450. The van der Waals surface area contributed by atoms with Crippen molar-refractivity contribution in [3.8, 4) is 0 Å². The van der Waals surface area contributed by atoms with Crippen molar-refractivity contribution >= 4 is 11.9 Å². The third kappa shape index (κ3) is 3.49. The quantitative estimate of drug-likeness (QED) is 0.845. The number of aromatic nitrogens is 2. The third-order valence-electron chi connectivity index (χ3n) is 3.51. The van der Waals surface area contributed by atoms with Gasteiger partial charge in [-0.3, -0.25) is 9.59 Å². The van der Waals surface area contributed by atoms with Gasteiger partial charge in [-0.05, 0) is 18.9 Å². The maximum atomic E-state index is 12.1. The van der Waals surface area contributed by atoms with E-state index in [0.29, 0.717) is 25.1 Å². The molecular formula is C13H17N3O3. The van der Waals surface area contributed by atoms with Crippen molar-refractivity contribution in [3.05, 3.63) is 24.3 Å². The van der Waals surface area contributed by atoms with Gasteiger partial charge in [0, 0.05) is 6.20 Å². The van der Waals surface area contributed by atoms with Crippen LogP contribution >= 0.6 is 0 Å². The van der Waals surface area contributed by atoms with Gasteiger partial charge in [-0.15, -0.1) is 0 Å². The van der Waals surface area contributed by atoms with Gasteiger partial charge in [-0.1, -0.05) is 12.8 Å². The topological polar surface area (TPSA) is 92.2 Å². The first kappa shape index (κ1) is 13.5. The van der Waals surface area contributed by atoms with Crippen LogP contribution in [0.15, 0.2) is 18.6 Å². The summed E-state index contributed by atoms with van der Waals surface area (Å²) in [5.74, 6) is -2.04. The second-order valence-corrected chi connectivity index (χ2v) is 4.75. The smallest absolute Gasteiger partial charge is 0.307 e. The van der Waals surface area contributed by atoms with Crippen LogP contribution in [0.3, 0.4) is 0 Å². The van der Waals surface area contributed by atoms with E-state index in [1.54, 1.807) is 12.3 Å². The summed E-state index contributed by atoms with van der Waals surface area (Å²) in [7, 11) is 0. The Balaban J connectivity index is 1.93. The van der Waals surface area contributed by atoms with Gasteiger partial charge in [0.25, 0.3) is 0 Å². The number of carboxylic acids is 1. The summed E-state index contributed by atoms with van der Waals surface area (Å²) in [6, 6.07) is 1.72. The molecular weight excluding hydrogens is 246 g/mol. The van der Waals surface area contributed by atoms with Crippen molar-refractivity contribution in [1.29, 1.82) is 0 Å². The van der Waals surface area contributed by atoms with Crippen molar-refractivity contribution in [1.82, 2.24) is 15.3 Å². The van der Waals surface area contributed by atoms with Crippen LogP contribution in [0.5, 0.6) is 0 Å². The monoisotopic (exact) mass is 263 g/mol. The van der Waals surface area contributed by atoms with Gasteiger partial charge < -0.3 is 10.4 Å². The van der Waals surface area contributed by atoms with E-state index in [1.165, 1.54) is 6.33 Å². The second-order valence-electron chi connectivity index (χ2n) is 4.75. The second kappa shape index (κ2) is 6.26. The van der Waals surface area contributed by atoms with Crippen LogP contribution < -0.4 is 5.32 Å². The van der Waals surface area contributed by atoms with Gasteiger partial charge in [-0.25, -0.2) is 9.97 Å². The molecule has 1 heterocycles. The zero-order chi connectivity index (χ0) is 13.7. The van der Waals surface area contributed by atoms with Crippen molar-refractivity contribution < 1.29 is 14.7 Å². The zero-order valence-electron chi connectivity index (χ0n) is 10.6. The average molecular weight is 263 g/mol. The lowest BCUT2D eigenvalue weighted by atomic mass is 9.79. The number of hydrogen-bond acceptors (Lipinski definition) is 4. The lowest BCUT2D eigenvalue weighted by molar-refractivity contribution is -0.148. The van der Waals surface area contributed by atoms with E-state index in [1.807, 2.05) is 0 Å². The minimum atomic E-state index is -0.873. The van der Waals surface area contributed by atoms with Gasteiger partial charge in [0.2, 0.25) is 5.91 Å². The molecule has 1 amide bonds. The average Bonchev–Trinajstić information content (AvgIpc) is 2.46. The van der Waals surface area contributed by atoms with Gasteiger partial charge in [0.1, 0.15) is 6.33 Å². The zero-order valence-corrected chi connectivity index (χ0v) is 10.6. The highest BCUT2D eigenvalue weighted by molar-refractivity contribution is 5.84. The molecule has 1 fully saturated rings. The lowest BCUT2D eigenvalue weighted by Gasteiger charge is -2.27. The van der Waals surface area contributed by atoms with E-state index in [-0.39, 0.29) is 5.91 Å². The first-order valence-electron chi connectivity index (χ1n) is 6.44. The molecule has 102 valence electrons. The molecule has 2 unspecified atom stereocenters. The van der Waals surface area contributed by atoms with Crippen LogP contribution in [0.1, 0.15) is 31.4 Å². The SMILES string of the molecule is O=C(O)C1CCCCC1C(=O)NCc1ccncn1. The maximum Gasteiger partial charge on any atom is 0.307 e. The van der Waals surface area contributed by atoms with Crippen LogP contribution in [-0.2, 0) is 16.1 Å². The minimum Gasteiger partial charge on any atom is -0.481 e. The Morgan fingerprint density at radius 1 is 1.32 bits per heavy atom. The molecule has 1 aliphatic rings. The van der Waals surface area contributed by atoms with E-state index in [9.17, 15) is 9.59 Å². The number of aliphatic carboxylic acids is 1. The molecule has 0 bridgehead atoms. The molecule has 0 aromatic carbocycles.